The average Bonchev–Trinajstić information content (AvgIpc) is 2.75. The fourth-order valence-corrected chi connectivity index (χ4v) is 3.29. The topological polar surface area (TPSA) is 12.0 Å². The van der Waals surface area contributed by atoms with Gasteiger partial charge >= 0.3 is 0 Å². The molecule has 92 valence electrons. The van der Waals surface area contributed by atoms with Gasteiger partial charge < -0.3 is 5.32 Å². The summed E-state index contributed by atoms with van der Waals surface area (Å²) in [4.78, 5) is 0. The molecule has 2 aliphatic rings. The van der Waals surface area contributed by atoms with Crippen molar-refractivity contribution in [2.24, 2.45) is 5.92 Å². The van der Waals surface area contributed by atoms with E-state index in [0.29, 0.717) is 6.04 Å². The molecular weight excluding hydrogens is 206 g/mol. The summed E-state index contributed by atoms with van der Waals surface area (Å²) in [5, 5.41) is 3.51. The number of aryl methyl sites for hydroxylation is 2. The molecule has 3 rings (SSSR count). The van der Waals surface area contributed by atoms with Crippen LogP contribution in [0.15, 0.2) is 18.2 Å². The molecule has 0 bridgehead atoms. The third-order valence-electron chi connectivity index (χ3n) is 4.67. The molecule has 0 saturated heterocycles. The van der Waals surface area contributed by atoms with E-state index in [-0.39, 0.29) is 0 Å². The Bertz CT molecular complexity index is 393. The summed E-state index contributed by atoms with van der Waals surface area (Å²) in [6.07, 6.45) is 9.62. The lowest BCUT2D eigenvalue weighted by Gasteiger charge is -2.30. The highest BCUT2D eigenvalue weighted by molar-refractivity contribution is 5.36. The van der Waals surface area contributed by atoms with Crippen molar-refractivity contribution in [3.8, 4) is 0 Å². The molecule has 0 aliphatic heterocycles. The molecule has 0 amide bonds. The van der Waals surface area contributed by atoms with Crippen LogP contribution in [0, 0.1) is 5.92 Å². The van der Waals surface area contributed by atoms with Crippen molar-refractivity contribution in [3.63, 3.8) is 0 Å². The Hall–Kier alpha value is -0.820. The minimum Gasteiger partial charge on any atom is -0.313 e. The Morgan fingerprint density at radius 2 is 2.00 bits per heavy atom. The van der Waals surface area contributed by atoms with Crippen LogP contribution >= 0.6 is 0 Å². The molecule has 0 aromatic heterocycles. The van der Waals surface area contributed by atoms with Crippen LogP contribution in [0.3, 0.4) is 0 Å². The summed E-state index contributed by atoms with van der Waals surface area (Å²) in [6.45, 7) is 0. The number of hydrogen-bond acceptors (Lipinski definition) is 1. The fraction of sp³-hybridized carbons (Fsp3) is 0.625. The van der Waals surface area contributed by atoms with Gasteiger partial charge in [-0.05, 0) is 55.3 Å². The summed E-state index contributed by atoms with van der Waals surface area (Å²) in [6, 6.07) is 7.75. The van der Waals surface area contributed by atoms with Crippen molar-refractivity contribution >= 4 is 0 Å². The van der Waals surface area contributed by atoms with Crippen molar-refractivity contribution in [2.75, 3.05) is 7.05 Å². The van der Waals surface area contributed by atoms with Crippen molar-refractivity contribution in [2.45, 2.75) is 51.0 Å². The van der Waals surface area contributed by atoms with E-state index < -0.39 is 0 Å². The van der Waals surface area contributed by atoms with E-state index in [4.69, 9.17) is 0 Å². The summed E-state index contributed by atoms with van der Waals surface area (Å²) < 4.78 is 0. The van der Waals surface area contributed by atoms with Gasteiger partial charge in [0.1, 0.15) is 0 Å². The van der Waals surface area contributed by atoms with Crippen molar-refractivity contribution in [1.29, 1.82) is 0 Å². The predicted molar refractivity (Wildman–Crippen MR) is 72.2 cm³/mol. The number of hydrogen-bond donors (Lipinski definition) is 1. The first-order chi connectivity index (χ1) is 8.36. The smallest absolute Gasteiger partial charge is 0.0320 e. The Kier molecular flexibility index (Phi) is 3.19. The quantitative estimate of drug-likeness (QED) is 0.831. The SMILES string of the molecule is CNC(CC1CCC1)c1ccc2c(c1)CCC2. The highest BCUT2D eigenvalue weighted by Gasteiger charge is 2.23. The zero-order chi connectivity index (χ0) is 11.7. The van der Waals surface area contributed by atoms with Gasteiger partial charge in [-0.2, -0.15) is 0 Å². The molecule has 0 heterocycles. The lowest BCUT2D eigenvalue weighted by atomic mass is 9.79. The van der Waals surface area contributed by atoms with Crippen LogP contribution in [0.4, 0.5) is 0 Å². The second-order valence-electron chi connectivity index (χ2n) is 5.76. The Morgan fingerprint density at radius 3 is 2.71 bits per heavy atom. The highest BCUT2D eigenvalue weighted by atomic mass is 14.9. The minimum atomic E-state index is 0.575. The Labute approximate surface area is 105 Å². The van der Waals surface area contributed by atoms with Gasteiger partial charge in [0.05, 0.1) is 0 Å². The molecule has 1 saturated carbocycles. The van der Waals surface area contributed by atoms with Gasteiger partial charge in [-0.1, -0.05) is 37.5 Å². The summed E-state index contributed by atoms with van der Waals surface area (Å²) >= 11 is 0. The lowest BCUT2D eigenvalue weighted by Crippen LogP contribution is -2.23. The van der Waals surface area contributed by atoms with Gasteiger partial charge in [0, 0.05) is 6.04 Å². The Morgan fingerprint density at radius 1 is 1.18 bits per heavy atom. The van der Waals surface area contributed by atoms with Crippen LogP contribution in [0.2, 0.25) is 0 Å². The molecular formula is C16H23N. The molecule has 0 spiro atoms. The van der Waals surface area contributed by atoms with E-state index in [1.165, 1.54) is 50.5 Å². The van der Waals surface area contributed by atoms with Gasteiger partial charge in [-0.15, -0.1) is 0 Å². The van der Waals surface area contributed by atoms with Gasteiger partial charge in [-0.25, -0.2) is 0 Å². The fourth-order valence-electron chi connectivity index (χ4n) is 3.29. The molecule has 1 unspecified atom stereocenters. The summed E-state index contributed by atoms with van der Waals surface area (Å²) in [5.74, 6) is 0.973. The van der Waals surface area contributed by atoms with E-state index in [0.717, 1.165) is 5.92 Å². The van der Waals surface area contributed by atoms with Crippen molar-refractivity contribution in [3.05, 3.63) is 34.9 Å². The first-order valence-corrected chi connectivity index (χ1v) is 7.16. The van der Waals surface area contributed by atoms with Crippen LogP contribution in [-0.4, -0.2) is 7.05 Å². The maximum absolute atomic E-state index is 3.51. The highest BCUT2D eigenvalue weighted by Crippen LogP contribution is 2.35. The number of rotatable bonds is 4. The minimum absolute atomic E-state index is 0.575. The molecule has 1 heteroatoms. The standard InChI is InChI=1S/C16H23N/c1-17-16(10-12-4-2-5-12)15-9-8-13-6-3-7-14(13)11-15/h8-9,11-12,16-17H,2-7,10H2,1H3. The lowest BCUT2D eigenvalue weighted by molar-refractivity contribution is 0.265. The van der Waals surface area contributed by atoms with Crippen molar-refractivity contribution in [1.82, 2.24) is 5.32 Å². The van der Waals surface area contributed by atoms with Crippen LogP contribution < -0.4 is 5.32 Å². The maximum atomic E-state index is 3.51. The van der Waals surface area contributed by atoms with Crippen LogP contribution in [0.5, 0.6) is 0 Å². The zero-order valence-corrected chi connectivity index (χ0v) is 10.8. The summed E-state index contributed by atoms with van der Waals surface area (Å²) in [5.41, 5.74) is 4.71. The number of fused-ring (bicyclic) bond motifs is 1. The van der Waals surface area contributed by atoms with Gasteiger partial charge in [0.15, 0.2) is 0 Å². The second kappa shape index (κ2) is 4.81. The average molecular weight is 229 g/mol. The molecule has 2 aliphatic carbocycles. The third-order valence-corrected chi connectivity index (χ3v) is 4.67. The van der Waals surface area contributed by atoms with Crippen LogP contribution in [0.1, 0.15) is 54.8 Å². The monoisotopic (exact) mass is 229 g/mol. The molecule has 0 radical (unpaired) electrons. The predicted octanol–water partition coefficient (Wildman–Crippen LogP) is 3.63. The van der Waals surface area contributed by atoms with E-state index >= 15 is 0 Å². The number of nitrogens with one attached hydrogen (secondary N) is 1. The van der Waals surface area contributed by atoms with Gasteiger partial charge in [-0.3, -0.25) is 0 Å². The number of benzene rings is 1. The van der Waals surface area contributed by atoms with E-state index in [2.05, 4.69) is 30.6 Å². The second-order valence-corrected chi connectivity index (χ2v) is 5.76. The summed E-state index contributed by atoms with van der Waals surface area (Å²) in [7, 11) is 2.11. The van der Waals surface area contributed by atoms with Crippen LogP contribution in [-0.2, 0) is 12.8 Å². The molecule has 1 aromatic carbocycles. The first kappa shape index (κ1) is 11.3. The van der Waals surface area contributed by atoms with Crippen LogP contribution in [0.25, 0.3) is 0 Å². The zero-order valence-electron chi connectivity index (χ0n) is 10.8. The molecule has 1 atom stereocenters. The first-order valence-electron chi connectivity index (χ1n) is 7.16. The molecule has 1 fully saturated rings. The maximum Gasteiger partial charge on any atom is 0.0320 e. The van der Waals surface area contributed by atoms with Crippen molar-refractivity contribution < 1.29 is 0 Å². The largest absolute Gasteiger partial charge is 0.313 e. The third kappa shape index (κ3) is 2.26. The molecule has 1 aromatic rings. The van der Waals surface area contributed by atoms with E-state index in [1.807, 2.05) is 0 Å². The molecule has 1 nitrogen and oxygen atoms in total. The van der Waals surface area contributed by atoms with E-state index in [9.17, 15) is 0 Å². The van der Waals surface area contributed by atoms with E-state index in [1.54, 1.807) is 11.1 Å². The molecule has 1 N–H and O–H groups in total. The van der Waals surface area contributed by atoms with Gasteiger partial charge in [0.2, 0.25) is 0 Å². The Balaban J connectivity index is 1.76. The molecule has 17 heavy (non-hydrogen) atoms. The van der Waals surface area contributed by atoms with Gasteiger partial charge in [0.25, 0.3) is 0 Å². The normalized spacial score (nSPS) is 21.0.